The van der Waals surface area contributed by atoms with Crippen LogP contribution in [0.25, 0.3) is 10.9 Å². The second-order valence-electron chi connectivity index (χ2n) is 5.84. The van der Waals surface area contributed by atoms with E-state index in [2.05, 4.69) is 10.3 Å². The Kier molecular flexibility index (Phi) is 5.66. The highest BCUT2D eigenvalue weighted by Gasteiger charge is 2.18. The number of aromatic nitrogens is 2. The van der Waals surface area contributed by atoms with Crippen LogP contribution in [0.3, 0.4) is 0 Å². The van der Waals surface area contributed by atoms with Crippen molar-refractivity contribution in [1.82, 2.24) is 9.55 Å². The topological polar surface area (TPSA) is 90.3 Å². The molecule has 3 aromatic rings. The molecule has 1 N–H and O–H groups in total. The third-order valence-electron chi connectivity index (χ3n) is 3.94. The molecule has 1 amide bonds. The number of hydrogen-bond donors (Lipinski definition) is 1. The molecule has 0 aliphatic rings. The lowest BCUT2D eigenvalue weighted by Gasteiger charge is -2.04. The number of para-hydroxylation sites is 1. The summed E-state index contributed by atoms with van der Waals surface area (Å²) in [4.78, 5) is 40.9. The maximum absolute atomic E-state index is 12.4. The molecule has 0 spiro atoms. The summed E-state index contributed by atoms with van der Waals surface area (Å²) >= 11 is 1.06. The Morgan fingerprint density at radius 3 is 2.74 bits per heavy atom. The van der Waals surface area contributed by atoms with Gasteiger partial charge in [0.2, 0.25) is 11.8 Å². The van der Waals surface area contributed by atoms with E-state index in [9.17, 15) is 14.4 Å². The van der Waals surface area contributed by atoms with E-state index in [1.54, 1.807) is 24.6 Å². The summed E-state index contributed by atoms with van der Waals surface area (Å²) in [5.74, 6) is -0.944. The molecular formula is C19H19N3O4S. The molecule has 8 heteroatoms. The van der Waals surface area contributed by atoms with Gasteiger partial charge in [0.1, 0.15) is 4.88 Å². The second-order valence-corrected chi connectivity index (χ2v) is 6.84. The van der Waals surface area contributed by atoms with Crippen LogP contribution in [0.1, 0.15) is 39.9 Å². The lowest BCUT2D eigenvalue weighted by atomic mass is 10.2. The molecule has 7 nitrogen and oxygen atoms in total. The molecule has 0 saturated carbocycles. The van der Waals surface area contributed by atoms with E-state index in [1.165, 1.54) is 0 Å². The molecule has 1 aromatic carbocycles. The van der Waals surface area contributed by atoms with Crippen LogP contribution < -0.4 is 5.32 Å². The molecule has 3 rings (SSSR count). The Labute approximate surface area is 160 Å². The van der Waals surface area contributed by atoms with Crippen LogP contribution in [0.15, 0.2) is 36.5 Å². The molecule has 0 saturated heterocycles. The Balaban J connectivity index is 1.59. The molecule has 0 atom stereocenters. The van der Waals surface area contributed by atoms with Gasteiger partial charge in [-0.25, -0.2) is 9.78 Å². The number of fused-ring (bicyclic) bond motifs is 1. The highest BCUT2D eigenvalue weighted by Crippen LogP contribution is 2.23. The fraction of sp³-hybridized carbons (Fsp3) is 0.263. The van der Waals surface area contributed by atoms with Crippen LogP contribution in [0, 0.1) is 6.92 Å². The third kappa shape index (κ3) is 4.22. The first-order valence-corrected chi connectivity index (χ1v) is 9.35. The van der Waals surface area contributed by atoms with Gasteiger partial charge in [-0.05, 0) is 26.0 Å². The van der Waals surface area contributed by atoms with Crippen LogP contribution in [0.4, 0.5) is 5.13 Å². The van der Waals surface area contributed by atoms with Crippen LogP contribution >= 0.6 is 11.3 Å². The van der Waals surface area contributed by atoms with Crippen molar-refractivity contribution in [3.63, 3.8) is 0 Å². The van der Waals surface area contributed by atoms with Crippen LogP contribution in [0.5, 0.6) is 0 Å². The number of benzene rings is 1. The summed E-state index contributed by atoms with van der Waals surface area (Å²) in [6.07, 6.45) is 1.80. The summed E-state index contributed by atoms with van der Waals surface area (Å²) in [7, 11) is 0. The summed E-state index contributed by atoms with van der Waals surface area (Å²) in [5.41, 5.74) is 1.32. The number of anilines is 1. The summed E-state index contributed by atoms with van der Waals surface area (Å²) in [6, 6.07) is 9.43. The van der Waals surface area contributed by atoms with Gasteiger partial charge in [-0.3, -0.25) is 14.2 Å². The van der Waals surface area contributed by atoms with E-state index in [0.29, 0.717) is 15.7 Å². The van der Waals surface area contributed by atoms with Gasteiger partial charge in [-0.2, -0.15) is 0 Å². The molecule has 2 aromatic heterocycles. The molecule has 140 valence electrons. The zero-order valence-corrected chi connectivity index (χ0v) is 15.8. The van der Waals surface area contributed by atoms with E-state index >= 15 is 0 Å². The third-order valence-corrected chi connectivity index (χ3v) is 4.99. The van der Waals surface area contributed by atoms with Gasteiger partial charge in [0.05, 0.1) is 17.8 Å². The largest absolute Gasteiger partial charge is 0.462 e. The molecule has 0 bridgehead atoms. The van der Waals surface area contributed by atoms with E-state index in [4.69, 9.17) is 4.74 Å². The molecule has 0 aliphatic heterocycles. The first-order valence-electron chi connectivity index (χ1n) is 8.53. The van der Waals surface area contributed by atoms with E-state index in [1.807, 2.05) is 30.3 Å². The highest BCUT2D eigenvalue weighted by molar-refractivity contribution is 7.17. The molecule has 0 aliphatic carbocycles. The SMILES string of the molecule is CCOC(=O)c1sc(NC(=O)CCC(=O)n2ccc3ccccc32)nc1C. The predicted octanol–water partition coefficient (Wildman–Crippen LogP) is 3.64. The van der Waals surface area contributed by atoms with E-state index in [-0.39, 0.29) is 31.3 Å². The second kappa shape index (κ2) is 8.13. The Hall–Kier alpha value is -3.00. The number of amides is 1. The van der Waals surface area contributed by atoms with E-state index in [0.717, 1.165) is 22.2 Å². The first-order chi connectivity index (χ1) is 13.0. The predicted molar refractivity (Wildman–Crippen MR) is 103 cm³/mol. The van der Waals surface area contributed by atoms with Gasteiger partial charge in [0.25, 0.3) is 0 Å². The smallest absolute Gasteiger partial charge is 0.350 e. The van der Waals surface area contributed by atoms with Crippen molar-refractivity contribution in [3.8, 4) is 0 Å². The van der Waals surface area contributed by atoms with Crippen molar-refractivity contribution < 1.29 is 19.1 Å². The zero-order valence-electron chi connectivity index (χ0n) is 15.0. The number of carbonyl (C=O) groups excluding carboxylic acids is 3. The average molecular weight is 385 g/mol. The Morgan fingerprint density at radius 1 is 1.19 bits per heavy atom. The Bertz CT molecular complexity index is 1010. The molecular weight excluding hydrogens is 366 g/mol. The average Bonchev–Trinajstić information content (AvgIpc) is 3.23. The lowest BCUT2D eigenvalue weighted by Crippen LogP contribution is -2.16. The summed E-state index contributed by atoms with van der Waals surface area (Å²) < 4.78 is 6.50. The van der Waals surface area contributed by atoms with E-state index < -0.39 is 5.97 Å². The van der Waals surface area contributed by atoms with Crippen molar-refractivity contribution in [3.05, 3.63) is 47.1 Å². The van der Waals surface area contributed by atoms with Gasteiger partial charge in [-0.1, -0.05) is 29.5 Å². The van der Waals surface area contributed by atoms with Gasteiger partial charge >= 0.3 is 5.97 Å². The maximum Gasteiger partial charge on any atom is 0.350 e. The summed E-state index contributed by atoms with van der Waals surface area (Å²) in [6.45, 7) is 3.68. The van der Waals surface area contributed by atoms with Crippen molar-refractivity contribution in [1.29, 1.82) is 0 Å². The number of aryl methyl sites for hydroxylation is 1. The molecule has 0 fully saturated rings. The van der Waals surface area contributed by atoms with Gasteiger partial charge < -0.3 is 10.1 Å². The normalized spacial score (nSPS) is 10.7. The molecule has 2 heterocycles. The van der Waals surface area contributed by atoms with Crippen LogP contribution in [-0.4, -0.2) is 33.9 Å². The number of ether oxygens (including phenoxy) is 1. The molecule has 0 radical (unpaired) electrons. The zero-order chi connectivity index (χ0) is 19.4. The quantitative estimate of drug-likeness (QED) is 0.654. The van der Waals surface area contributed by atoms with Crippen molar-refractivity contribution in [2.45, 2.75) is 26.7 Å². The molecule has 27 heavy (non-hydrogen) atoms. The van der Waals surface area contributed by atoms with Gasteiger partial charge in [-0.15, -0.1) is 0 Å². The number of nitrogens with one attached hydrogen (secondary N) is 1. The maximum atomic E-state index is 12.4. The molecule has 0 unspecified atom stereocenters. The fourth-order valence-electron chi connectivity index (χ4n) is 2.66. The standard InChI is InChI=1S/C19H19N3O4S/c1-3-26-18(25)17-12(2)20-19(27-17)21-15(23)8-9-16(24)22-11-10-13-6-4-5-7-14(13)22/h4-7,10-11H,3,8-9H2,1-2H3,(H,20,21,23). The first kappa shape index (κ1) is 18.8. The van der Waals surface area contributed by atoms with Crippen LogP contribution in [-0.2, 0) is 9.53 Å². The fourth-order valence-corrected chi connectivity index (χ4v) is 3.54. The van der Waals surface area contributed by atoms with Gasteiger partial charge in [0.15, 0.2) is 5.13 Å². The number of hydrogen-bond acceptors (Lipinski definition) is 6. The lowest BCUT2D eigenvalue weighted by molar-refractivity contribution is -0.116. The number of thiazole rings is 1. The number of rotatable bonds is 6. The summed E-state index contributed by atoms with van der Waals surface area (Å²) in [5, 5.41) is 3.93. The Morgan fingerprint density at radius 2 is 1.96 bits per heavy atom. The number of carbonyl (C=O) groups is 3. The highest BCUT2D eigenvalue weighted by atomic mass is 32.1. The van der Waals surface area contributed by atoms with Crippen molar-refractivity contribution in [2.24, 2.45) is 0 Å². The minimum absolute atomic E-state index is 0.0265. The number of nitrogens with zero attached hydrogens (tertiary/aromatic N) is 2. The van der Waals surface area contributed by atoms with Gasteiger partial charge in [0, 0.05) is 24.4 Å². The van der Waals surface area contributed by atoms with Crippen LogP contribution in [0.2, 0.25) is 0 Å². The monoisotopic (exact) mass is 385 g/mol. The minimum atomic E-state index is -0.456. The van der Waals surface area contributed by atoms with Crippen molar-refractivity contribution in [2.75, 3.05) is 11.9 Å². The number of esters is 1. The minimum Gasteiger partial charge on any atom is -0.462 e. The van der Waals surface area contributed by atoms with Crippen molar-refractivity contribution >= 4 is 45.2 Å².